The highest BCUT2D eigenvalue weighted by Crippen LogP contribution is 2.38. The molecule has 34 heavy (non-hydrogen) atoms. The first-order valence-electron chi connectivity index (χ1n) is 10.8. The summed E-state index contributed by atoms with van der Waals surface area (Å²) in [6.45, 7) is 4.29. The summed E-state index contributed by atoms with van der Waals surface area (Å²) in [5.74, 6) is 0.218. The van der Waals surface area contributed by atoms with Crippen LogP contribution in [-0.4, -0.2) is 70.5 Å². The van der Waals surface area contributed by atoms with E-state index in [0.717, 1.165) is 12.8 Å². The molecule has 14 heteroatoms. The maximum Gasteiger partial charge on any atom is 0.291 e. The first kappa shape index (κ1) is 23.5. The molecular formula is C20H24F2N6O4S2. The van der Waals surface area contributed by atoms with Crippen LogP contribution in [0.2, 0.25) is 0 Å². The van der Waals surface area contributed by atoms with Crippen molar-refractivity contribution in [3.05, 3.63) is 23.5 Å². The number of hydrogen-bond donors (Lipinski definition) is 2. The minimum atomic E-state index is -3.89. The van der Waals surface area contributed by atoms with E-state index >= 15 is 0 Å². The number of aliphatic hydroxyl groups excluding tert-OH is 1. The van der Waals surface area contributed by atoms with Crippen molar-refractivity contribution in [1.29, 1.82) is 0 Å². The third-order valence-corrected chi connectivity index (χ3v) is 8.65. The fourth-order valence-electron chi connectivity index (χ4n) is 3.94. The molecule has 2 fully saturated rings. The van der Waals surface area contributed by atoms with Gasteiger partial charge in [-0.05, 0) is 32.8 Å². The summed E-state index contributed by atoms with van der Waals surface area (Å²) in [5, 5.41) is 16.7. The number of rotatable bonds is 7. The Bertz CT molecular complexity index is 1320. The predicted octanol–water partition coefficient (Wildman–Crippen LogP) is 2.21. The predicted molar refractivity (Wildman–Crippen MR) is 121 cm³/mol. The van der Waals surface area contributed by atoms with Crippen LogP contribution in [0.25, 0.3) is 16.3 Å². The average Bonchev–Trinajstić information content (AvgIpc) is 3.19. The van der Waals surface area contributed by atoms with Crippen molar-refractivity contribution < 1.29 is 27.0 Å². The molecule has 3 aromatic rings. The minimum Gasteiger partial charge on any atom is -0.394 e. The lowest BCUT2D eigenvalue weighted by atomic mass is 10.1. The molecule has 1 saturated heterocycles. The highest BCUT2D eigenvalue weighted by molar-refractivity contribution is 7.89. The highest BCUT2D eigenvalue weighted by Gasteiger charge is 2.41. The highest BCUT2D eigenvalue weighted by atomic mass is 32.2. The lowest BCUT2D eigenvalue weighted by Gasteiger charge is -2.39. The number of imidazole rings is 1. The summed E-state index contributed by atoms with van der Waals surface area (Å²) >= 11 is 0.706. The second-order valence-electron chi connectivity index (χ2n) is 8.95. The number of nitrogens with one attached hydrogen (secondary N) is 1. The number of alkyl halides is 2. The lowest BCUT2D eigenvalue weighted by molar-refractivity contribution is -0.0102. The van der Waals surface area contributed by atoms with E-state index in [4.69, 9.17) is 4.74 Å². The van der Waals surface area contributed by atoms with Crippen molar-refractivity contribution in [3.8, 4) is 10.8 Å². The zero-order chi connectivity index (χ0) is 24.3. The topological polar surface area (TPSA) is 122 Å². The number of aromatic nitrogens is 4. The van der Waals surface area contributed by atoms with E-state index in [1.54, 1.807) is 16.7 Å². The Kier molecular flexibility index (Phi) is 5.83. The molecule has 0 amide bonds. The van der Waals surface area contributed by atoms with Crippen LogP contribution in [0, 0.1) is 0 Å². The van der Waals surface area contributed by atoms with Crippen LogP contribution in [0.5, 0.6) is 0 Å². The fourth-order valence-corrected chi connectivity index (χ4v) is 6.11. The molecule has 2 N–H and O–H groups in total. The number of aliphatic hydroxyl groups is 1. The van der Waals surface area contributed by atoms with Gasteiger partial charge in [0.25, 0.3) is 6.43 Å². The van der Waals surface area contributed by atoms with Crippen molar-refractivity contribution >= 4 is 32.6 Å². The number of morpholine rings is 1. The van der Waals surface area contributed by atoms with E-state index in [1.165, 1.54) is 6.20 Å². The largest absolute Gasteiger partial charge is 0.394 e. The third kappa shape index (κ3) is 4.28. The Hall–Kier alpha value is -2.26. The molecule has 1 saturated carbocycles. The van der Waals surface area contributed by atoms with Gasteiger partial charge in [0.05, 0.1) is 36.7 Å². The van der Waals surface area contributed by atoms with Crippen molar-refractivity contribution in [1.82, 2.24) is 24.3 Å². The van der Waals surface area contributed by atoms with Crippen LogP contribution in [0.1, 0.15) is 38.1 Å². The first-order valence-corrected chi connectivity index (χ1v) is 13.1. The van der Waals surface area contributed by atoms with Crippen molar-refractivity contribution in [3.63, 3.8) is 0 Å². The summed E-state index contributed by atoms with van der Waals surface area (Å²) in [5.41, 5.74) is 0.673. The Morgan fingerprint density at radius 1 is 1.38 bits per heavy atom. The number of halogens is 2. The summed E-state index contributed by atoms with van der Waals surface area (Å²) in [6, 6.07) is 1.47. The second kappa shape index (κ2) is 8.45. The molecule has 0 bridgehead atoms. The van der Waals surface area contributed by atoms with Gasteiger partial charge >= 0.3 is 0 Å². The zero-order valence-electron chi connectivity index (χ0n) is 18.5. The SMILES string of the molecule is C[C@@H]1CO[C@@H](CO)CN1c1cc(S(=O)(=O)NC2(C)CC2)cn2c(-c3nnc(C(F)F)s3)ncc12. The Morgan fingerprint density at radius 2 is 2.15 bits per heavy atom. The van der Waals surface area contributed by atoms with E-state index in [-0.39, 0.29) is 28.4 Å². The Balaban J connectivity index is 1.67. The van der Waals surface area contributed by atoms with E-state index in [9.17, 15) is 22.3 Å². The van der Waals surface area contributed by atoms with E-state index in [0.29, 0.717) is 35.7 Å². The molecule has 4 heterocycles. The number of fused-ring (bicyclic) bond motifs is 1. The molecule has 1 aliphatic heterocycles. The number of anilines is 1. The van der Waals surface area contributed by atoms with Gasteiger partial charge in [0.2, 0.25) is 10.0 Å². The maximum absolute atomic E-state index is 13.3. The summed E-state index contributed by atoms with van der Waals surface area (Å²) in [7, 11) is -3.89. The Morgan fingerprint density at radius 3 is 2.79 bits per heavy atom. The third-order valence-electron chi connectivity index (χ3n) is 6.12. The molecule has 1 aliphatic carbocycles. The van der Waals surface area contributed by atoms with Gasteiger partial charge in [-0.3, -0.25) is 4.40 Å². The van der Waals surface area contributed by atoms with Crippen molar-refractivity contribution in [2.24, 2.45) is 0 Å². The fraction of sp³-hybridized carbons (Fsp3) is 0.550. The molecule has 0 unspecified atom stereocenters. The number of ether oxygens (including phenoxy) is 1. The molecule has 184 valence electrons. The first-order chi connectivity index (χ1) is 16.1. The summed E-state index contributed by atoms with van der Waals surface area (Å²) in [4.78, 5) is 6.35. The second-order valence-corrected chi connectivity index (χ2v) is 11.6. The summed E-state index contributed by atoms with van der Waals surface area (Å²) in [6.07, 6.45) is 1.27. The van der Waals surface area contributed by atoms with Gasteiger partial charge in [0, 0.05) is 24.3 Å². The number of pyridine rings is 1. The van der Waals surface area contributed by atoms with Gasteiger partial charge in [-0.15, -0.1) is 10.2 Å². The van der Waals surface area contributed by atoms with Gasteiger partial charge in [-0.2, -0.15) is 0 Å². The Labute approximate surface area is 198 Å². The maximum atomic E-state index is 13.3. The lowest BCUT2D eigenvalue weighted by Crippen LogP contribution is -2.49. The monoisotopic (exact) mass is 514 g/mol. The van der Waals surface area contributed by atoms with Gasteiger partial charge in [0.1, 0.15) is 4.90 Å². The van der Waals surface area contributed by atoms with E-state index in [2.05, 4.69) is 19.9 Å². The molecular weight excluding hydrogens is 490 g/mol. The standard InChI is InChI=1S/C20H24F2N6O4S2/c1-11-10-32-12(9-29)7-27(11)14-5-13(34(30,31)26-20(2)3-4-20)8-28-15(14)6-23-17(28)19-25-24-18(33-19)16(21)22/h5-6,8,11-12,16,26,29H,3-4,7,9-10H2,1-2H3/t11-,12-/m1/s1. The average molecular weight is 515 g/mol. The van der Waals surface area contributed by atoms with Gasteiger partial charge in [-0.1, -0.05) is 11.3 Å². The molecule has 3 aromatic heterocycles. The molecule has 2 aliphatic rings. The van der Waals surface area contributed by atoms with Crippen molar-refractivity contribution in [2.45, 2.75) is 55.7 Å². The summed E-state index contributed by atoms with van der Waals surface area (Å²) < 4.78 is 62.7. The minimum absolute atomic E-state index is 0.0141. The van der Waals surface area contributed by atoms with Crippen LogP contribution in [0.15, 0.2) is 23.4 Å². The van der Waals surface area contributed by atoms with E-state index in [1.807, 2.05) is 18.7 Å². The smallest absolute Gasteiger partial charge is 0.291 e. The van der Waals surface area contributed by atoms with Gasteiger partial charge in [0.15, 0.2) is 15.8 Å². The van der Waals surface area contributed by atoms with Gasteiger partial charge in [-0.25, -0.2) is 26.9 Å². The normalized spacial score (nSPS) is 22.6. The van der Waals surface area contributed by atoms with Crippen LogP contribution in [0.3, 0.4) is 0 Å². The quantitative estimate of drug-likeness (QED) is 0.492. The molecule has 0 aromatic carbocycles. The van der Waals surface area contributed by atoms with Gasteiger partial charge < -0.3 is 14.7 Å². The van der Waals surface area contributed by atoms with E-state index < -0.39 is 33.1 Å². The molecule has 0 radical (unpaired) electrons. The van der Waals surface area contributed by atoms with Crippen LogP contribution < -0.4 is 9.62 Å². The van der Waals surface area contributed by atoms with Crippen LogP contribution in [0.4, 0.5) is 14.5 Å². The van der Waals surface area contributed by atoms with Crippen molar-refractivity contribution in [2.75, 3.05) is 24.7 Å². The number of nitrogens with zero attached hydrogens (tertiary/aromatic N) is 5. The number of hydrogen-bond acceptors (Lipinski definition) is 9. The zero-order valence-corrected chi connectivity index (χ0v) is 20.1. The molecule has 10 nitrogen and oxygen atoms in total. The molecule has 5 rings (SSSR count). The van der Waals surface area contributed by atoms with Crippen LogP contribution >= 0.6 is 11.3 Å². The molecule has 2 atom stereocenters. The number of sulfonamides is 1. The molecule has 0 spiro atoms. The van der Waals surface area contributed by atoms with Crippen LogP contribution in [-0.2, 0) is 14.8 Å².